The Kier molecular flexibility index (Phi) is 7.61. The average Bonchev–Trinajstić information content (AvgIpc) is 2.77. The Bertz CT molecular complexity index is 967. The van der Waals surface area contributed by atoms with Crippen LogP contribution in [-0.4, -0.2) is 23.7 Å². The summed E-state index contributed by atoms with van der Waals surface area (Å²) in [6.07, 6.45) is -4.23. The van der Waals surface area contributed by atoms with Crippen molar-refractivity contribution in [2.75, 3.05) is 6.61 Å². The Morgan fingerprint density at radius 1 is 1.00 bits per heavy atom. The SMILES string of the molecule is O=C(NCc1cccc(OCc2ccccn2)c1)C(OCC(F)(F)F)c1ccccc1. The molecule has 162 valence electrons. The van der Waals surface area contributed by atoms with Gasteiger partial charge in [-0.25, -0.2) is 0 Å². The fourth-order valence-corrected chi connectivity index (χ4v) is 2.80. The molecule has 5 nitrogen and oxygen atoms in total. The molecule has 31 heavy (non-hydrogen) atoms. The van der Waals surface area contributed by atoms with Crippen LogP contribution < -0.4 is 10.1 Å². The number of ether oxygens (including phenoxy) is 2. The summed E-state index contributed by atoms with van der Waals surface area (Å²) in [6, 6.07) is 20.7. The van der Waals surface area contributed by atoms with Crippen molar-refractivity contribution in [1.82, 2.24) is 10.3 Å². The summed E-state index contributed by atoms with van der Waals surface area (Å²) in [6.45, 7) is -1.12. The highest BCUT2D eigenvalue weighted by atomic mass is 19.4. The molecule has 1 amide bonds. The summed E-state index contributed by atoms with van der Waals surface area (Å²) in [7, 11) is 0. The van der Waals surface area contributed by atoms with Crippen molar-refractivity contribution in [1.29, 1.82) is 0 Å². The van der Waals surface area contributed by atoms with Crippen molar-refractivity contribution in [3.63, 3.8) is 0 Å². The number of carbonyl (C=O) groups is 1. The smallest absolute Gasteiger partial charge is 0.411 e. The van der Waals surface area contributed by atoms with E-state index in [1.807, 2.05) is 18.2 Å². The van der Waals surface area contributed by atoms with Crippen LogP contribution in [0.3, 0.4) is 0 Å². The molecule has 0 bridgehead atoms. The van der Waals surface area contributed by atoms with E-state index in [9.17, 15) is 18.0 Å². The van der Waals surface area contributed by atoms with Crippen LogP contribution in [0.4, 0.5) is 13.2 Å². The zero-order valence-electron chi connectivity index (χ0n) is 16.5. The second-order valence-corrected chi connectivity index (χ2v) is 6.69. The fourth-order valence-electron chi connectivity index (χ4n) is 2.80. The van der Waals surface area contributed by atoms with Crippen LogP contribution in [-0.2, 0) is 22.7 Å². The van der Waals surface area contributed by atoms with E-state index in [1.54, 1.807) is 60.8 Å². The number of hydrogen-bond acceptors (Lipinski definition) is 4. The van der Waals surface area contributed by atoms with Gasteiger partial charge < -0.3 is 14.8 Å². The molecule has 0 saturated carbocycles. The van der Waals surface area contributed by atoms with Gasteiger partial charge in [0.25, 0.3) is 5.91 Å². The van der Waals surface area contributed by atoms with Gasteiger partial charge in [0.2, 0.25) is 0 Å². The van der Waals surface area contributed by atoms with Crippen molar-refractivity contribution in [2.45, 2.75) is 25.4 Å². The van der Waals surface area contributed by atoms with E-state index in [1.165, 1.54) is 0 Å². The van der Waals surface area contributed by atoms with E-state index in [-0.39, 0.29) is 13.2 Å². The third kappa shape index (κ3) is 7.42. The van der Waals surface area contributed by atoms with Gasteiger partial charge >= 0.3 is 6.18 Å². The maximum absolute atomic E-state index is 12.6. The predicted octanol–water partition coefficient (Wildman–Crippen LogP) is 4.60. The molecule has 3 rings (SSSR count). The second-order valence-electron chi connectivity index (χ2n) is 6.69. The summed E-state index contributed by atoms with van der Waals surface area (Å²) in [5, 5.41) is 2.64. The molecule has 0 spiro atoms. The first kappa shape index (κ1) is 22.3. The van der Waals surface area contributed by atoms with E-state index >= 15 is 0 Å². The highest BCUT2D eigenvalue weighted by Crippen LogP contribution is 2.23. The normalized spacial score (nSPS) is 12.2. The summed E-state index contributed by atoms with van der Waals surface area (Å²) in [5.74, 6) is -0.0689. The molecule has 8 heteroatoms. The maximum atomic E-state index is 12.6. The van der Waals surface area contributed by atoms with Gasteiger partial charge in [-0.15, -0.1) is 0 Å². The van der Waals surface area contributed by atoms with Crippen molar-refractivity contribution in [3.05, 3.63) is 95.8 Å². The quantitative estimate of drug-likeness (QED) is 0.539. The number of amides is 1. The van der Waals surface area contributed by atoms with Gasteiger partial charge in [-0.3, -0.25) is 9.78 Å². The Labute approximate surface area is 177 Å². The number of hydrogen-bond donors (Lipinski definition) is 1. The second kappa shape index (κ2) is 10.6. The van der Waals surface area contributed by atoms with E-state index in [0.29, 0.717) is 11.3 Å². The van der Waals surface area contributed by atoms with Crippen LogP contribution in [0.1, 0.15) is 22.9 Å². The number of alkyl halides is 3. The molecule has 0 fully saturated rings. The van der Waals surface area contributed by atoms with Crippen LogP contribution in [0.15, 0.2) is 79.0 Å². The fraction of sp³-hybridized carbons (Fsp3) is 0.217. The summed E-state index contributed by atoms with van der Waals surface area (Å²) in [5.41, 5.74) is 1.85. The van der Waals surface area contributed by atoms with Gasteiger partial charge in [0, 0.05) is 12.7 Å². The highest BCUT2D eigenvalue weighted by Gasteiger charge is 2.32. The molecule has 0 saturated heterocycles. The monoisotopic (exact) mass is 430 g/mol. The molecule has 0 aliphatic carbocycles. The Morgan fingerprint density at radius 2 is 1.77 bits per heavy atom. The van der Waals surface area contributed by atoms with Gasteiger partial charge in [-0.2, -0.15) is 13.2 Å². The van der Waals surface area contributed by atoms with E-state index in [4.69, 9.17) is 9.47 Å². The largest absolute Gasteiger partial charge is 0.487 e. The molecule has 1 heterocycles. The lowest BCUT2D eigenvalue weighted by Crippen LogP contribution is -2.32. The topological polar surface area (TPSA) is 60.5 Å². The Morgan fingerprint density at radius 3 is 2.48 bits per heavy atom. The first-order chi connectivity index (χ1) is 14.9. The van der Waals surface area contributed by atoms with Crippen LogP contribution in [0.2, 0.25) is 0 Å². The Balaban J connectivity index is 1.61. The number of pyridine rings is 1. The van der Waals surface area contributed by atoms with Crippen molar-refractivity contribution < 1.29 is 27.4 Å². The number of benzene rings is 2. The Hall–Kier alpha value is -3.39. The number of aromatic nitrogens is 1. The predicted molar refractivity (Wildman–Crippen MR) is 108 cm³/mol. The van der Waals surface area contributed by atoms with Crippen molar-refractivity contribution >= 4 is 5.91 Å². The molecule has 1 unspecified atom stereocenters. The number of nitrogens with zero attached hydrogens (tertiary/aromatic N) is 1. The van der Waals surface area contributed by atoms with Gasteiger partial charge in [0.15, 0.2) is 6.10 Å². The molecule has 2 aromatic carbocycles. The first-order valence-electron chi connectivity index (χ1n) is 9.53. The van der Waals surface area contributed by atoms with E-state index in [2.05, 4.69) is 10.3 Å². The first-order valence-corrected chi connectivity index (χ1v) is 9.53. The highest BCUT2D eigenvalue weighted by molar-refractivity contribution is 5.82. The van der Waals surface area contributed by atoms with E-state index < -0.39 is 24.8 Å². The molecule has 1 N–H and O–H groups in total. The van der Waals surface area contributed by atoms with Gasteiger partial charge in [-0.1, -0.05) is 48.5 Å². The van der Waals surface area contributed by atoms with Crippen LogP contribution >= 0.6 is 0 Å². The van der Waals surface area contributed by atoms with Crippen molar-refractivity contribution in [3.8, 4) is 5.75 Å². The maximum Gasteiger partial charge on any atom is 0.411 e. The number of carbonyl (C=O) groups excluding carboxylic acids is 1. The lowest BCUT2D eigenvalue weighted by atomic mass is 10.1. The van der Waals surface area contributed by atoms with Gasteiger partial charge in [0.1, 0.15) is 19.0 Å². The minimum atomic E-state index is -4.54. The average molecular weight is 430 g/mol. The molecule has 1 aromatic heterocycles. The van der Waals surface area contributed by atoms with E-state index in [0.717, 1.165) is 11.3 Å². The molecular formula is C23H21F3N2O3. The standard InChI is InChI=1S/C23H21F3N2O3/c24-23(25,26)16-31-21(18-8-2-1-3-9-18)22(29)28-14-17-7-6-11-20(13-17)30-15-19-10-4-5-12-27-19/h1-13,21H,14-16H2,(H,28,29). The number of rotatable bonds is 9. The molecule has 0 aliphatic heterocycles. The zero-order chi connectivity index (χ0) is 22.1. The van der Waals surface area contributed by atoms with Crippen LogP contribution in [0.5, 0.6) is 5.75 Å². The molecule has 3 aromatic rings. The lowest BCUT2D eigenvalue weighted by molar-refractivity contribution is -0.188. The number of halogens is 3. The lowest BCUT2D eigenvalue weighted by Gasteiger charge is -2.19. The van der Waals surface area contributed by atoms with Crippen molar-refractivity contribution in [2.24, 2.45) is 0 Å². The number of nitrogens with one attached hydrogen (secondary N) is 1. The minimum absolute atomic E-state index is 0.109. The molecule has 0 radical (unpaired) electrons. The van der Waals surface area contributed by atoms with Crippen LogP contribution in [0.25, 0.3) is 0 Å². The molecular weight excluding hydrogens is 409 g/mol. The summed E-state index contributed by atoms with van der Waals surface area (Å²) in [4.78, 5) is 16.8. The van der Waals surface area contributed by atoms with Gasteiger partial charge in [0.05, 0.1) is 5.69 Å². The summed E-state index contributed by atoms with van der Waals surface area (Å²) >= 11 is 0. The third-order valence-electron chi connectivity index (χ3n) is 4.23. The zero-order valence-corrected chi connectivity index (χ0v) is 16.5. The van der Waals surface area contributed by atoms with Gasteiger partial charge in [-0.05, 0) is 35.4 Å². The minimum Gasteiger partial charge on any atom is -0.487 e. The van der Waals surface area contributed by atoms with Crippen LogP contribution in [0, 0.1) is 0 Å². The molecule has 1 atom stereocenters. The molecule has 0 aliphatic rings. The summed E-state index contributed by atoms with van der Waals surface area (Å²) < 4.78 is 48.4. The third-order valence-corrected chi connectivity index (χ3v) is 4.23.